The minimum atomic E-state index is -0.789. The SMILES string of the molecule is COCCN(CCOC)C(=O)C(=O)Nc1ncccn1. The van der Waals surface area contributed by atoms with Gasteiger partial charge >= 0.3 is 11.8 Å². The molecule has 0 saturated heterocycles. The van der Waals surface area contributed by atoms with Gasteiger partial charge in [-0.1, -0.05) is 0 Å². The van der Waals surface area contributed by atoms with E-state index in [1.807, 2.05) is 0 Å². The van der Waals surface area contributed by atoms with Crippen LogP contribution in [0.15, 0.2) is 18.5 Å². The van der Waals surface area contributed by atoms with Crippen LogP contribution in [0.25, 0.3) is 0 Å². The first kappa shape index (κ1) is 16.0. The Kier molecular flexibility index (Phi) is 7.15. The van der Waals surface area contributed by atoms with E-state index in [4.69, 9.17) is 9.47 Å². The molecule has 0 saturated carbocycles. The van der Waals surface area contributed by atoms with Crippen LogP contribution in [0, 0.1) is 0 Å². The second-order valence-corrected chi connectivity index (χ2v) is 3.80. The molecule has 0 aromatic carbocycles. The second kappa shape index (κ2) is 8.94. The molecule has 0 aliphatic rings. The Morgan fingerprint density at radius 2 is 1.70 bits per heavy atom. The number of aromatic nitrogens is 2. The lowest BCUT2D eigenvalue weighted by Crippen LogP contribution is -2.43. The van der Waals surface area contributed by atoms with E-state index < -0.39 is 11.8 Å². The highest BCUT2D eigenvalue weighted by molar-refractivity contribution is 6.39. The fourth-order valence-corrected chi connectivity index (χ4v) is 1.38. The Balaban J connectivity index is 2.60. The smallest absolute Gasteiger partial charge is 0.316 e. The molecular weight excluding hydrogens is 264 g/mol. The maximum Gasteiger partial charge on any atom is 0.316 e. The van der Waals surface area contributed by atoms with Crippen LogP contribution in [0.3, 0.4) is 0 Å². The molecule has 0 spiro atoms. The van der Waals surface area contributed by atoms with Gasteiger partial charge in [-0.05, 0) is 6.07 Å². The van der Waals surface area contributed by atoms with E-state index in [9.17, 15) is 9.59 Å². The largest absolute Gasteiger partial charge is 0.383 e. The molecule has 110 valence electrons. The van der Waals surface area contributed by atoms with Crippen molar-refractivity contribution < 1.29 is 19.1 Å². The quantitative estimate of drug-likeness (QED) is 0.680. The zero-order valence-electron chi connectivity index (χ0n) is 11.5. The van der Waals surface area contributed by atoms with Gasteiger partial charge in [-0.2, -0.15) is 0 Å². The van der Waals surface area contributed by atoms with Gasteiger partial charge in [0.15, 0.2) is 0 Å². The number of rotatable bonds is 7. The molecular formula is C12H18N4O4. The minimum Gasteiger partial charge on any atom is -0.383 e. The summed E-state index contributed by atoms with van der Waals surface area (Å²) in [6.45, 7) is 1.29. The number of hydrogen-bond donors (Lipinski definition) is 1. The van der Waals surface area contributed by atoms with Crippen molar-refractivity contribution in [3.05, 3.63) is 18.5 Å². The third-order valence-electron chi connectivity index (χ3n) is 2.40. The number of ether oxygens (including phenoxy) is 2. The summed E-state index contributed by atoms with van der Waals surface area (Å²) in [7, 11) is 3.05. The van der Waals surface area contributed by atoms with Crippen LogP contribution < -0.4 is 5.32 Å². The van der Waals surface area contributed by atoms with Gasteiger partial charge in [0.25, 0.3) is 0 Å². The highest BCUT2D eigenvalue weighted by Crippen LogP contribution is 1.97. The number of nitrogens with one attached hydrogen (secondary N) is 1. The van der Waals surface area contributed by atoms with Gasteiger partial charge in [0, 0.05) is 39.7 Å². The number of carbonyl (C=O) groups excluding carboxylic acids is 2. The van der Waals surface area contributed by atoms with Crippen molar-refractivity contribution in [3.8, 4) is 0 Å². The van der Waals surface area contributed by atoms with Gasteiger partial charge in [0.05, 0.1) is 13.2 Å². The Hall–Kier alpha value is -2.06. The average Bonchev–Trinajstić information content (AvgIpc) is 2.48. The van der Waals surface area contributed by atoms with Gasteiger partial charge in [-0.3, -0.25) is 14.9 Å². The van der Waals surface area contributed by atoms with Gasteiger partial charge in [-0.15, -0.1) is 0 Å². The van der Waals surface area contributed by atoms with Crippen LogP contribution in [0.5, 0.6) is 0 Å². The molecule has 20 heavy (non-hydrogen) atoms. The van der Waals surface area contributed by atoms with Gasteiger partial charge in [0.1, 0.15) is 0 Å². The lowest BCUT2D eigenvalue weighted by molar-refractivity contribution is -0.144. The zero-order chi connectivity index (χ0) is 14.8. The molecule has 8 heteroatoms. The summed E-state index contributed by atoms with van der Waals surface area (Å²) in [5, 5.41) is 2.34. The Morgan fingerprint density at radius 3 is 2.20 bits per heavy atom. The van der Waals surface area contributed by atoms with E-state index in [-0.39, 0.29) is 5.95 Å². The second-order valence-electron chi connectivity index (χ2n) is 3.80. The molecule has 0 bridgehead atoms. The van der Waals surface area contributed by atoms with Crippen molar-refractivity contribution in [2.45, 2.75) is 0 Å². The fraction of sp³-hybridized carbons (Fsp3) is 0.500. The maximum absolute atomic E-state index is 12.0. The van der Waals surface area contributed by atoms with Crippen LogP contribution >= 0.6 is 0 Å². The standard InChI is InChI=1S/C12H18N4O4/c1-19-8-6-16(7-9-20-2)11(18)10(17)15-12-13-4-3-5-14-12/h3-5H,6-9H2,1-2H3,(H,13,14,15,17). The number of hydrogen-bond acceptors (Lipinski definition) is 6. The molecule has 8 nitrogen and oxygen atoms in total. The van der Waals surface area contributed by atoms with Crippen LogP contribution in [-0.2, 0) is 19.1 Å². The fourth-order valence-electron chi connectivity index (χ4n) is 1.38. The van der Waals surface area contributed by atoms with E-state index in [0.717, 1.165) is 0 Å². The van der Waals surface area contributed by atoms with E-state index in [0.29, 0.717) is 26.3 Å². The Morgan fingerprint density at radius 1 is 1.15 bits per heavy atom. The van der Waals surface area contributed by atoms with Crippen LogP contribution in [0.1, 0.15) is 0 Å². The third-order valence-corrected chi connectivity index (χ3v) is 2.40. The van der Waals surface area contributed by atoms with E-state index >= 15 is 0 Å². The first-order chi connectivity index (χ1) is 9.69. The number of nitrogens with zero attached hydrogens (tertiary/aromatic N) is 3. The third kappa shape index (κ3) is 5.29. The summed E-state index contributed by atoms with van der Waals surface area (Å²) in [5.41, 5.74) is 0. The van der Waals surface area contributed by atoms with Gasteiger partial charge < -0.3 is 14.4 Å². The van der Waals surface area contributed by atoms with Crippen LogP contribution in [0.4, 0.5) is 5.95 Å². The van der Waals surface area contributed by atoms with Crippen molar-refractivity contribution in [1.29, 1.82) is 0 Å². The zero-order valence-corrected chi connectivity index (χ0v) is 11.5. The van der Waals surface area contributed by atoms with Crippen molar-refractivity contribution in [2.24, 2.45) is 0 Å². The molecule has 1 heterocycles. The van der Waals surface area contributed by atoms with Crippen molar-refractivity contribution >= 4 is 17.8 Å². The molecule has 0 aliphatic heterocycles. The highest BCUT2D eigenvalue weighted by atomic mass is 16.5. The van der Waals surface area contributed by atoms with Gasteiger partial charge in [-0.25, -0.2) is 9.97 Å². The molecule has 0 radical (unpaired) electrons. The first-order valence-electron chi connectivity index (χ1n) is 6.04. The van der Waals surface area contributed by atoms with Gasteiger partial charge in [0.2, 0.25) is 5.95 Å². The summed E-state index contributed by atoms with van der Waals surface area (Å²) < 4.78 is 9.82. The molecule has 0 unspecified atom stereocenters. The summed E-state index contributed by atoms with van der Waals surface area (Å²) in [6.07, 6.45) is 2.95. The van der Waals surface area contributed by atoms with Crippen molar-refractivity contribution in [2.75, 3.05) is 45.8 Å². The van der Waals surface area contributed by atoms with E-state index in [1.54, 1.807) is 6.07 Å². The Labute approximate surface area is 117 Å². The van der Waals surface area contributed by atoms with Crippen molar-refractivity contribution in [3.63, 3.8) is 0 Å². The molecule has 2 amide bonds. The summed E-state index contributed by atoms with van der Waals surface area (Å²) in [5.74, 6) is -1.38. The number of amides is 2. The normalized spacial score (nSPS) is 10.1. The van der Waals surface area contributed by atoms with Crippen LogP contribution in [-0.4, -0.2) is 67.2 Å². The molecule has 0 aliphatic carbocycles. The number of anilines is 1. The molecule has 0 atom stereocenters. The van der Waals surface area contributed by atoms with Crippen LogP contribution in [0.2, 0.25) is 0 Å². The van der Waals surface area contributed by atoms with E-state index in [1.165, 1.54) is 31.5 Å². The van der Waals surface area contributed by atoms with E-state index in [2.05, 4.69) is 15.3 Å². The predicted molar refractivity (Wildman–Crippen MR) is 71.0 cm³/mol. The first-order valence-corrected chi connectivity index (χ1v) is 6.04. The molecule has 1 N–H and O–H groups in total. The Bertz CT molecular complexity index is 419. The highest BCUT2D eigenvalue weighted by Gasteiger charge is 2.22. The lowest BCUT2D eigenvalue weighted by Gasteiger charge is -2.21. The summed E-state index contributed by atoms with van der Waals surface area (Å²) in [6, 6.07) is 1.61. The summed E-state index contributed by atoms with van der Waals surface area (Å²) in [4.78, 5) is 32.8. The predicted octanol–water partition coefficient (Wildman–Crippen LogP) is -0.463. The monoisotopic (exact) mass is 282 g/mol. The summed E-state index contributed by atoms with van der Waals surface area (Å²) >= 11 is 0. The lowest BCUT2D eigenvalue weighted by atomic mass is 10.4. The topological polar surface area (TPSA) is 93.7 Å². The molecule has 1 aromatic rings. The number of methoxy groups -OCH3 is 2. The number of carbonyl (C=O) groups is 2. The minimum absolute atomic E-state index is 0.0873. The molecule has 1 rings (SSSR count). The molecule has 1 aromatic heterocycles. The maximum atomic E-state index is 12.0. The average molecular weight is 282 g/mol. The van der Waals surface area contributed by atoms with Crippen molar-refractivity contribution in [1.82, 2.24) is 14.9 Å². The molecule has 0 fully saturated rings.